The number of hydrogen-bond donors (Lipinski definition) is 0. The molecule has 3 heteroatoms. The second-order valence-corrected chi connectivity index (χ2v) is 9.88. The van der Waals surface area contributed by atoms with Gasteiger partial charge in [-0.3, -0.25) is 4.79 Å². The first-order valence-corrected chi connectivity index (χ1v) is 9.16. The van der Waals surface area contributed by atoms with E-state index in [9.17, 15) is 4.79 Å². The first-order valence-electron chi connectivity index (χ1n) is 9.16. The van der Waals surface area contributed by atoms with Crippen LogP contribution in [0.2, 0.25) is 0 Å². The number of rotatable bonds is 1. The van der Waals surface area contributed by atoms with E-state index in [1.165, 1.54) is 19.3 Å². The summed E-state index contributed by atoms with van der Waals surface area (Å²) in [6.45, 7) is 10.6. The highest BCUT2D eigenvalue weighted by Crippen LogP contribution is 2.69. The van der Waals surface area contributed by atoms with Crippen LogP contribution in [0.15, 0.2) is 0 Å². The summed E-state index contributed by atoms with van der Waals surface area (Å²) in [6, 6.07) is 0. The molecule has 4 bridgehead atoms. The predicted molar refractivity (Wildman–Crippen MR) is 86.4 cm³/mol. The van der Waals surface area contributed by atoms with Crippen molar-refractivity contribution in [2.24, 2.45) is 22.2 Å². The van der Waals surface area contributed by atoms with Crippen LogP contribution in [0.4, 0.5) is 0 Å². The summed E-state index contributed by atoms with van der Waals surface area (Å²) < 4.78 is 5.83. The molecule has 5 fully saturated rings. The fraction of sp³-hybridized carbons (Fsp3) is 0.947. The van der Waals surface area contributed by atoms with Gasteiger partial charge in [0, 0.05) is 13.1 Å². The molecule has 4 atom stereocenters. The molecule has 0 aromatic heterocycles. The summed E-state index contributed by atoms with van der Waals surface area (Å²) in [6.07, 6.45) is 7.80. The Balaban J connectivity index is 1.62. The molecule has 0 aromatic rings. The van der Waals surface area contributed by atoms with E-state index in [4.69, 9.17) is 4.74 Å². The van der Waals surface area contributed by atoms with E-state index in [1.807, 2.05) is 0 Å². The lowest BCUT2D eigenvalue weighted by atomic mass is 9.40. The number of hydrogen-bond acceptors (Lipinski definition) is 2. The molecule has 0 unspecified atom stereocenters. The Kier molecular flexibility index (Phi) is 3.06. The number of nitrogens with zero attached hydrogens (tertiary/aromatic N) is 1. The average Bonchev–Trinajstić information content (AvgIpc) is 2.32. The fourth-order valence-electron chi connectivity index (χ4n) is 7.37. The molecule has 3 nitrogen and oxygen atoms in total. The Morgan fingerprint density at radius 2 is 1.50 bits per heavy atom. The van der Waals surface area contributed by atoms with Gasteiger partial charge >= 0.3 is 0 Å². The highest BCUT2D eigenvalue weighted by molar-refractivity contribution is 5.83. The molecule has 1 saturated heterocycles. The standard InChI is InChI=1S/C19H31NO2/c1-13-8-20(9-14(2)22-13)16(21)19-7-15-5-17(3,11-19)10-18(4,6-15)12-19/h13-15H,5-12H2,1-4H3/t13-,14+,15?,17-,18-,19?/m1/s1. The molecule has 0 radical (unpaired) electrons. The monoisotopic (exact) mass is 305 g/mol. The molecule has 1 aliphatic heterocycles. The van der Waals surface area contributed by atoms with Gasteiger partial charge in [-0.1, -0.05) is 13.8 Å². The average molecular weight is 305 g/mol. The zero-order valence-electron chi connectivity index (χ0n) is 14.7. The second kappa shape index (κ2) is 4.49. The normalized spacial score (nSPS) is 53.8. The van der Waals surface area contributed by atoms with E-state index >= 15 is 0 Å². The first kappa shape index (κ1) is 15.0. The summed E-state index contributed by atoms with van der Waals surface area (Å²) in [5.41, 5.74) is 0.764. The van der Waals surface area contributed by atoms with E-state index < -0.39 is 0 Å². The number of carbonyl (C=O) groups excluding carboxylic acids is 1. The van der Waals surface area contributed by atoms with Gasteiger partial charge in [-0.25, -0.2) is 0 Å². The van der Waals surface area contributed by atoms with Gasteiger partial charge in [-0.2, -0.15) is 0 Å². The number of morpholine rings is 1. The highest BCUT2D eigenvalue weighted by Gasteiger charge is 2.63. The summed E-state index contributed by atoms with van der Waals surface area (Å²) in [5, 5.41) is 0. The van der Waals surface area contributed by atoms with Gasteiger partial charge in [0.05, 0.1) is 17.6 Å². The van der Waals surface area contributed by atoms with Crippen molar-refractivity contribution in [2.45, 2.75) is 78.4 Å². The van der Waals surface area contributed by atoms with Crippen molar-refractivity contribution in [3.63, 3.8) is 0 Å². The predicted octanol–water partition coefficient (Wildman–Crippen LogP) is 3.62. The minimum Gasteiger partial charge on any atom is -0.372 e. The SMILES string of the molecule is C[C@@H]1CN(C(=O)C23CC4C[C@@](C)(C2)C[C@@](C)(C4)C3)C[C@H](C)O1. The number of carbonyl (C=O) groups is 1. The third-order valence-corrected chi connectivity index (χ3v) is 6.79. The Morgan fingerprint density at radius 1 is 0.955 bits per heavy atom. The van der Waals surface area contributed by atoms with Crippen molar-refractivity contribution in [2.75, 3.05) is 13.1 Å². The Labute approximate surface area is 134 Å². The van der Waals surface area contributed by atoms with Crippen molar-refractivity contribution in [1.82, 2.24) is 4.90 Å². The van der Waals surface area contributed by atoms with Gasteiger partial charge in [0.1, 0.15) is 0 Å². The fourth-order valence-corrected chi connectivity index (χ4v) is 7.37. The van der Waals surface area contributed by atoms with Crippen LogP contribution in [0.1, 0.15) is 66.2 Å². The highest BCUT2D eigenvalue weighted by atomic mass is 16.5. The summed E-state index contributed by atoms with van der Waals surface area (Å²) >= 11 is 0. The Bertz CT molecular complexity index is 474. The van der Waals surface area contributed by atoms with Crippen LogP contribution in [-0.4, -0.2) is 36.1 Å². The second-order valence-electron chi connectivity index (χ2n) is 9.88. The van der Waals surface area contributed by atoms with Crippen LogP contribution in [0.3, 0.4) is 0 Å². The minimum absolute atomic E-state index is 0.0559. The van der Waals surface area contributed by atoms with Gasteiger partial charge in [0.25, 0.3) is 0 Å². The lowest BCUT2D eigenvalue weighted by Crippen LogP contribution is -2.62. The van der Waals surface area contributed by atoms with Crippen LogP contribution in [-0.2, 0) is 9.53 Å². The smallest absolute Gasteiger partial charge is 0.229 e. The molecular weight excluding hydrogens is 274 g/mol. The van der Waals surface area contributed by atoms with E-state index in [-0.39, 0.29) is 17.6 Å². The van der Waals surface area contributed by atoms with Crippen LogP contribution in [0, 0.1) is 22.2 Å². The largest absolute Gasteiger partial charge is 0.372 e. The van der Waals surface area contributed by atoms with Gasteiger partial charge in [-0.05, 0) is 69.1 Å². The van der Waals surface area contributed by atoms with Crippen molar-refractivity contribution in [3.8, 4) is 0 Å². The van der Waals surface area contributed by atoms with Gasteiger partial charge < -0.3 is 9.64 Å². The summed E-state index contributed by atoms with van der Waals surface area (Å²) in [7, 11) is 0. The maximum Gasteiger partial charge on any atom is 0.229 e. The molecule has 0 spiro atoms. The molecular formula is C19H31NO2. The summed E-state index contributed by atoms with van der Waals surface area (Å²) in [5.74, 6) is 1.24. The lowest BCUT2D eigenvalue weighted by Gasteiger charge is -2.65. The zero-order chi connectivity index (χ0) is 15.8. The van der Waals surface area contributed by atoms with Crippen LogP contribution >= 0.6 is 0 Å². The molecule has 0 aromatic carbocycles. The molecule has 1 heterocycles. The van der Waals surface area contributed by atoms with E-state index in [0.29, 0.717) is 16.7 Å². The first-order chi connectivity index (χ1) is 10.2. The van der Waals surface area contributed by atoms with Gasteiger partial charge in [-0.15, -0.1) is 0 Å². The van der Waals surface area contributed by atoms with Crippen molar-refractivity contribution in [1.29, 1.82) is 0 Å². The van der Waals surface area contributed by atoms with E-state index in [2.05, 4.69) is 32.6 Å². The molecule has 5 aliphatic rings. The number of ether oxygens (including phenoxy) is 1. The molecule has 0 N–H and O–H groups in total. The molecule has 5 rings (SSSR count). The van der Waals surface area contributed by atoms with Crippen LogP contribution in [0.5, 0.6) is 0 Å². The van der Waals surface area contributed by atoms with Crippen molar-refractivity contribution < 1.29 is 9.53 Å². The molecule has 124 valence electrons. The zero-order valence-corrected chi connectivity index (χ0v) is 14.7. The maximum atomic E-state index is 13.5. The van der Waals surface area contributed by atoms with Crippen molar-refractivity contribution >= 4 is 5.91 Å². The number of amides is 1. The third-order valence-electron chi connectivity index (χ3n) is 6.79. The third kappa shape index (κ3) is 2.23. The van der Waals surface area contributed by atoms with E-state index in [0.717, 1.165) is 38.3 Å². The topological polar surface area (TPSA) is 29.5 Å². The summed E-state index contributed by atoms with van der Waals surface area (Å²) in [4.78, 5) is 15.6. The van der Waals surface area contributed by atoms with Crippen molar-refractivity contribution in [3.05, 3.63) is 0 Å². The minimum atomic E-state index is -0.0559. The van der Waals surface area contributed by atoms with Crippen LogP contribution < -0.4 is 0 Å². The molecule has 1 amide bonds. The Morgan fingerprint density at radius 3 is 2.00 bits per heavy atom. The van der Waals surface area contributed by atoms with Gasteiger partial charge in [0.2, 0.25) is 5.91 Å². The van der Waals surface area contributed by atoms with E-state index in [1.54, 1.807) is 0 Å². The molecule has 22 heavy (non-hydrogen) atoms. The van der Waals surface area contributed by atoms with Crippen LogP contribution in [0.25, 0.3) is 0 Å². The molecule has 4 saturated carbocycles. The lowest BCUT2D eigenvalue weighted by molar-refractivity contribution is -0.186. The van der Waals surface area contributed by atoms with Gasteiger partial charge in [0.15, 0.2) is 0 Å². The maximum absolute atomic E-state index is 13.5. The molecule has 4 aliphatic carbocycles. The quantitative estimate of drug-likeness (QED) is 0.740. The Hall–Kier alpha value is -0.570.